The Balaban J connectivity index is 1.99. The van der Waals surface area contributed by atoms with Crippen molar-refractivity contribution in [3.63, 3.8) is 0 Å². The fourth-order valence-corrected chi connectivity index (χ4v) is 4.47. The SMILES string of the molecule is NC(=O)C1(N)CCCC(Sc2cccs2)C1. The second kappa shape index (κ2) is 4.77. The molecule has 0 bridgehead atoms. The zero-order valence-electron chi connectivity index (χ0n) is 9.02. The van der Waals surface area contributed by atoms with Gasteiger partial charge in [0, 0.05) is 5.25 Å². The Bertz CT molecular complexity index is 366. The number of rotatable bonds is 3. The Morgan fingerprint density at radius 3 is 3.06 bits per heavy atom. The van der Waals surface area contributed by atoms with Gasteiger partial charge in [-0.1, -0.05) is 6.07 Å². The van der Waals surface area contributed by atoms with Crippen LogP contribution in [0, 0.1) is 0 Å². The largest absolute Gasteiger partial charge is 0.368 e. The molecule has 1 amide bonds. The molecule has 0 saturated heterocycles. The normalized spacial score (nSPS) is 30.2. The Labute approximate surface area is 104 Å². The summed E-state index contributed by atoms with van der Waals surface area (Å²) in [5.74, 6) is -0.357. The van der Waals surface area contributed by atoms with Crippen molar-refractivity contribution < 1.29 is 4.79 Å². The molecule has 1 heterocycles. The molecule has 2 atom stereocenters. The van der Waals surface area contributed by atoms with Crippen LogP contribution in [0.15, 0.2) is 21.7 Å². The second-order valence-corrected chi connectivity index (χ2v) is 6.84. The van der Waals surface area contributed by atoms with Gasteiger partial charge in [-0.15, -0.1) is 23.1 Å². The first-order chi connectivity index (χ1) is 7.60. The van der Waals surface area contributed by atoms with E-state index >= 15 is 0 Å². The first kappa shape index (κ1) is 12.0. The van der Waals surface area contributed by atoms with Gasteiger partial charge in [-0.25, -0.2) is 0 Å². The van der Waals surface area contributed by atoms with Crippen molar-refractivity contribution in [1.82, 2.24) is 0 Å². The van der Waals surface area contributed by atoms with Crippen LogP contribution in [-0.4, -0.2) is 16.7 Å². The summed E-state index contributed by atoms with van der Waals surface area (Å²) in [5.41, 5.74) is 10.6. The molecule has 2 rings (SSSR count). The van der Waals surface area contributed by atoms with Crippen molar-refractivity contribution in [2.75, 3.05) is 0 Å². The van der Waals surface area contributed by atoms with Crippen LogP contribution in [0.4, 0.5) is 0 Å². The van der Waals surface area contributed by atoms with Gasteiger partial charge in [-0.2, -0.15) is 0 Å². The minimum atomic E-state index is -0.785. The Hall–Kier alpha value is -0.520. The number of hydrogen-bond acceptors (Lipinski definition) is 4. The summed E-state index contributed by atoms with van der Waals surface area (Å²) >= 11 is 3.55. The molecule has 1 aliphatic rings. The van der Waals surface area contributed by atoms with E-state index < -0.39 is 5.54 Å². The maximum Gasteiger partial charge on any atom is 0.237 e. The van der Waals surface area contributed by atoms with Gasteiger partial charge in [0.25, 0.3) is 0 Å². The van der Waals surface area contributed by atoms with E-state index in [9.17, 15) is 4.79 Å². The molecule has 1 aromatic heterocycles. The van der Waals surface area contributed by atoms with Gasteiger partial charge in [-0.05, 0) is 37.1 Å². The van der Waals surface area contributed by atoms with E-state index in [1.54, 1.807) is 11.3 Å². The summed E-state index contributed by atoms with van der Waals surface area (Å²) in [6, 6.07) is 4.14. The number of nitrogens with two attached hydrogens (primary N) is 2. The van der Waals surface area contributed by atoms with Crippen LogP contribution in [0.5, 0.6) is 0 Å². The predicted octanol–water partition coefficient (Wildman–Crippen LogP) is 1.97. The predicted molar refractivity (Wildman–Crippen MR) is 68.5 cm³/mol. The Kier molecular flexibility index (Phi) is 3.56. The number of thioether (sulfide) groups is 1. The summed E-state index contributed by atoms with van der Waals surface area (Å²) in [5, 5.41) is 2.49. The van der Waals surface area contributed by atoms with Gasteiger partial charge >= 0.3 is 0 Å². The molecule has 0 aromatic carbocycles. The lowest BCUT2D eigenvalue weighted by atomic mass is 9.82. The lowest BCUT2D eigenvalue weighted by molar-refractivity contribution is -0.124. The quantitative estimate of drug-likeness (QED) is 0.868. The van der Waals surface area contributed by atoms with Crippen LogP contribution in [0.3, 0.4) is 0 Å². The summed E-state index contributed by atoms with van der Waals surface area (Å²) in [7, 11) is 0. The number of hydrogen-bond donors (Lipinski definition) is 2. The first-order valence-corrected chi connectivity index (χ1v) is 7.15. The van der Waals surface area contributed by atoms with E-state index in [1.807, 2.05) is 17.8 Å². The van der Waals surface area contributed by atoms with Crippen molar-refractivity contribution in [3.05, 3.63) is 17.5 Å². The van der Waals surface area contributed by atoms with E-state index in [0.717, 1.165) is 19.3 Å². The molecule has 1 fully saturated rings. The highest BCUT2D eigenvalue weighted by Gasteiger charge is 2.38. The Morgan fingerprint density at radius 2 is 2.44 bits per heavy atom. The molecule has 1 saturated carbocycles. The minimum absolute atomic E-state index is 0.357. The zero-order chi connectivity index (χ0) is 11.6. The third-order valence-corrected chi connectivity index (χ3v) is 5.35. The monoisotopic (exact) mass is 256 g/mol. The summed E-state index contributed by atoms with van der Waals surface area (Å²) < 4.78 is 1.29. The van der Waals surface area contributed by atoms with E-state index in [-0.39, 0.29) is 5.91 Å². The first-order valence-electron chi connectivity index (χ1n) is 5.39. The van der Waals surface area contributed by atoms with E-state index in [2.05, 4.69) is 11.4 Å². The number of thiophene rings is 1. The second-order valence-electron chi connectivity index (χ2n) is 4.29. The van der Waals surface area contributed by atoms with Gasteiger partial charge in [0.1, 0.15) is 0 Å². The minimum Gasteiger partial charge on any atom is -0.368 e. The van der Waals surface area contributed by atoms with Gasteiger partial charge in [0.15, 0.2) is 0 Å². The highest BCUT2D eigenvalue weighted by Crippen LogP contribution is 2.38. The van der Waals surface area contributed by atoms with E-state index in [4.69, 9.17) is 11.5 Å². The van der Waals surface area contributed by atoms with Crippen LogP contribution in [0.1, 0.15) is 25.7 Å². The maximum atomic E-state index is 11.3. The van der Waals surface area contributed by atoms with Crippen LogP contribution >= 0.6 is 23.1 Å². The summed E-state index contributed by atoms with van der Waals surface area (Å²) in [6.07, 6.45) is 3.53. The van der Waals surface area contributed by atoms with Crippen LogP contribution in [-0.2, 0) is 4.79 Å². The molecule has 3 nitrogen and oxygen atoms in total. The molecule has 0 radical (unpaired) electrons. The topological polar surface area (TPSA) is 69.1 Å². The van der Waals surface area contributed by atoms with Crippen LogP contribution in [0.25, 0.3) is 0 Å². The summed E-state index contributed by atoms with van der Waals surface area (Å²) in [4.78, 5) is 11.3. The lowest BCUT2D eigenvalue weighted by Crippen LogP contribution is -2.55. The molecule has 1 aliphatic carbocycles. The number of amides is 1. The van der Waals surface area contributed by atoms with Gasteiger partial charge in [-0.3, -0.25) is 4.79 Å². The summed E-state index contributed by atoms with van der Waals surface area (Å²) in [6.45, 7) is 0. The van der Waals surface area contributed by atoms with Gasteiger partial charge < -0.3 is 11.5 Å². The average molecular weight is 256 g/mol. The molecule has 88 valence electrons. The maximum absolute atomic E-state index is 11.3. The molecule has 4 N–H and O–H groups in total. The van der Waals surface area contributed by atoms with Gasteiger partial charge in [0.2, 0.25) is 5.91 Å². The number of carbonyl (C=O) groups excluding carboxylic acids is 1. The molecule has 1 aromatic rings. The standard InChI is InChI=1S/C11H16N2OS2/c12-10(14)11(13)5-1-3-8(7-11)16-9-4-2-6-15-9/h2,4,6,8H,1,3,5,7,13H2,(H2,12,14). The van der Waals surface area contributed by atoms with E-state index in [1.165, 1.54) is 4.21 Å². The number of primary amides is 1. The molecular weight excluding hydrogens is 240 g/mol. The van der Waals surface area contributed by atoms with Crippen LogP contribution in [0.2, 0.25) is 0 Å². The van der Waals surface area contributed by atoms with Gasteiger partial charge in [0.05, 0.1) is 9.75 Å². The molecular formula is C11H16N2OS2. The molecule has 0 aliphatic heterocycles. The highest BCUT2D eigenvalue weighted by molar-refractivity contribution is 8.01. The molecule has 0 spiro atoms. The van der Waals surface area contributed by atoms with Crippen molar-refractivity contribution in [1.29, 1.82) is 0 Å². The highest BCUT2D eigenvalue weighted by atomic mass is 32.2. The number of carbonyl (C=O) groups is 1. The van der Waals surface area contributed by atoms with Crippen molar-refractivity contribution >= 4 is 29.0 Å². The third kappa shape index (κ3) is 2.59. The van der Waals surface area contributed by atoms with Crippen molar-refractivity contribution in [2.24, 2.45) is 11.5 Å². The van der Waals surface area contributed by atoms with Crippen LogP contribution < -0.4 is 11.5 Å². The lowest BCUT2D eigenvalue weighted by Gasteiger charge is -2.34. The Morgan fingerprint density at radius 1 is 1.62 bits per heavy atom. The average Bonchev–Trinajstić information content (AvgIpc) is 2.70. The van der Waals surface area contributed by atoms with Crippen molar-refractivity contribution in [2.45, 2.75) is 40.7 Å². The molecule has 16 heavy (non-hydrogen) atoms. The third-order valence-electron chi connectivity index (χ3n) is 3.01. The molecule has 5 heteroatoms. The molecule has 2 unspecified atom stereocenters. The van der Waals surface area contributed by atoms with Crippen molar-refractivity contribution in [3.8, 4) is 0 Å². The fourth-order valence-electron chi connectivity index (χ4n) is 2.07. The zero-order valence-corrected chi connectivity index (χ0v) is 10.7. The van der Waals surface area contributed by atoms with E-state index in [0.29, 0.717) is 11.7 Å². The fraction of sp³-hybridized carbons (Fsp3) is 0.545. The smallest absolute Gasteiger partial charge is 0.237 e.